The topological polar surface area (TPSA) is 27.1 Å². The van der Waals surface area contributed by atoms with Crippen LogP contribution in [-0.4, -0.2) is 9.78 Å². The van der Waals surface area contributed by atoms with Crippen LogP contribution in [0.1, 0.15) is 44.0 Å². The van der Waals surface area contributed by atoms with Crippen molar-refractivity contribution in [2.45, 2.75) is 46.3 Å². The van der Waals surface area contributed by atoms with Crippen LogP contribution in [0.5, 0.6) is 5.75 Å². The molecule has 1 aromatic heterocycles. The second-order valence-corrected chi connectivity index (χ2v) is 5.83. The largest absolute Gasteiger partial charge is 0.486 e. The highest BCUT2D eigenvalue weighted by Crippen LogP contribution is 2.26. The first-order valence-corrected chi connectivity index (χ1v) is 7.86. The number of rotatable bonds is 6. The number of aryl methyl sites for hydroxylation is 1. The molecule has 0 fully saturated rings. The molecule has 0 aliphatic carbocycles. The van der Waals surface area contributed by atoms with Gasteiger partial charge < -0.3 is 4.74 Å². The molecule has 0 unspecified atom stereocenters. The minimum Gasteiger partial charge on any atom is -0.486 e. The maximum atomic E-state index is 5.82. The van der Waals surface area contributed by atoms with Crippen LogP contribution in [-0.2, 0) is 6.61 Å². The summed E-state index contributed by atoms with van der Waals surface area (Å²) in [6, 6.07) is 8.59. The molecule has 0 radical (unpaired) electrons. The van der Waals surface area contributed by atoms with E-state index in [1.54, 1.807) is 0 Å². The Hall–Kier alpha value is -1.29. The smallest absolute Gasteiger partial charge is 0.134 e. The normalized spacial score (nSPS) is 11.1. The maximum Gasteiger partial charge on any atom is 0.134 e. The molecule has 4 heteroatoms. The van der Waals surface area contributed by atoms with Crippen molar-refractivity contribution in [3.63, 3.8) is 0 Å². The quantitative estimate of drug-likeness (QED) is 0.750. The van der Waals surface area contributed by atoms with E-state index in [-0.39, 0.29) is 0 Å². The minimum atomic E-state index is 0.481. The van der Waals surface area contributed by atoms with Crippen LogP contribution >= 0.6 is 15.9 Å². The average molecular weight is 337 g/mol. The second kappa shape index (κ2) is 6.93. The van der Waals surface area contributed by atoms with Gasteiger partial charge in [0, 0.05) is 6.20 Å². The Labute approximate surface area is 129 Å². The number of halogens is 1. The number of hydrogen-bond acceptors (Lipinski definition) is 2. The molecule has 0 N–H and O–H groups in total. The maximum absolute atomic E-state index is 5.82. The summed E-state index contributed by atoms with van der Waals surface area (Å²) in [5.41, 5.74) is 2.17. The van der Waals surface area contributed by atoms with Crippen LogP contribution in [0.3, 0.4) is 0 Å². The van der Waals surface area contributed by atoms with Crippen LogP contribution in [0.25, 0.3) is 0 Å². The molecule has 0 saturated carbocycles. The molecular formula is C16H21BrN2O. The number of benzene rings is 1. The van der Waals surface area contributed by atoms with Crippen molar-refractivity contribution in [2.75, 3.05) is 0 Å². The van der Waals surface area contributed by atoms with Crippen molar-refractivity contribution in [1.82, 2.24) is 9.78 Å². The molecule has 108 valence electrons. The molecule has 3 nitrogen and oxygen atoms in total. The van der Waals surface area contributed by atoms with Gasteiger partial charge in [0.05, 0.1) is 16.2 Å². The van der Waals surface area contributed by atoms with Crippen LogP contribution in [0.2, 0.25) is 0 Å². The highest BCUT2D eigenvalue weighted by molar-refractivity contribution is 9.10. The number of ether oxygens (including phenoxy) is 1. The lowest BCUT2D eigenvalue weighted by Crippen LogP contribution is -2.08. The molecule has 20 heavy (non-hydrogen) atoms. The van der Waals surface area contributed by atoms with E-state index in [4.69, 9.17) is 4.74 Å². The third kappa shape index (κ3) is 3.63. The highest BCUT2D eigenvalue weighted by atomic mass is 79.9. The Morgan fingerprint density at radius 3 is 2.65 bits per heavy atom. The van der Waals surface area contributed by atoms with E-state index in [9.17, 15) is 0 Å². The second-order valence-electron chi connectivity index (χ2n) is 4.98. The molecule has 0 aliphatic rings. The van der Waals surface area contributed by atoms with E-state index in [0.29, 0.717) is 12.6 Å². The van der Waals surface area contributed by atoms with Crippen molar-refractivity contribution in [2.24, 2.45) is 0 Å². The van der Waals surface area contributed by atoms with Gasteiger partial charge in [-0.2, -0.15) is 5.10 Å². The van der Waals surface area contributed by atoms with Crippen LogP contribution in [0, 0.1) is 6.92 Å². The first-order valence-electron chi connectivity index (χ1n) is 7.07. The summed E-state index contributed by atoms with van der Waals surface area (Å²) < 4.78 is 8.84. The Kier molecular flexibility index (Phi) is 5.24. The van der Waals surface area contributed by atoms with E-state index in [1.807, 2.05) is 29.1 Å². The Bertz CT molecular complexity index is 561. The molecule has 0 bridgehead atoms. The SMILES string of the molecule is CCC(CC)n1ccc(COc2ccc(C)cc2Br)n1. The average Bonchev–Trinajstić information content (AvgIpc) is 2.88. The van der Waals surface area contributed by atoms with Gasteiger partial charge in [0.25, 0.3) is 0 Å². The number of hydrogen-bond donors (Lipinski definition) is 0. The summed E-state index contributed by atoms with van der Waals surface area (Å²) in [5.74, 6) is 0.854. The van der Waals surface area contributed by atoms with Crippen LogP contribution in [0.4, 0.5) is 0 Å². The van der Waals surface area contributed by atoms with Crippen LogP contribution < -0.4 is 4.74 Å². The molecule has 0 aliphatic heterocycles. The van der Waals surface area contributed by atoms with E-state index < -0.39 is 0 Å². The van der Waals surface area contributed by atoms with Crippen molar-refractivity contribution in [1.29, 1.82) is 0 Å². The number of nitrogens with zero attached hydrogens (tertiary/aromatic N) is 2. The van der Waals surface area contributed by atoms with Gasteiger partial charge in [0.1, 0.15) is 12.4 Å². The Morgan fingerprint density at radius 1 is 1.25 bits per heavy atom. The predicted octanol–water partition coefficient (Wildman–Crippen LogP) is 4.89. The van der Waals surface area contributed by atoms with Crippen molar-refractivity contribution >= 4 is 15.9 Å². The monoisotopic (exact) mass is 336 g/mol. The zero-order valence-electron chi connectivity index (χ0n) is 12.3. The first-order chi connectivity index (χ1) is 9.63. The molecule has 1 aromatic carbocycles. The van der Waals surface area contributed by atoms with Gasteiger partial charge in [-0.3, -0.25) is 4.68 Å². The van der Waals surface area contributed by atoms with Crippen molar-refractivity contribution < 1.29 is 4.74 Å². The fourth-order valence-corrected chi connectivity index (χ4v) is 2.80. The highest BCUT2D eigenvalue weighted by Gasteiger charge is 2.09. The summed E-state index contributed by atoms with van der Waals surface area (Å²) in [7, 11) is 0. The standard InChI is InChI=1S/C16H21BrN2O/c1-4-14(5-2)19-9-8-13(18-19)11-20-16-7-6-12(3)10-15(16)17/h6-10,14H,4-5,11H2,1-3H3. The van der Waals surface area contributed by atoms with Crippen molar-refractivity contribution in [3.05, 3.63) is 46.2 Å². The third-order valence-corrected chi connectivity index (χ3v) is 4.06. The molecule has 0 saturated heterocycles. The zero-order chi connectivity index (χ0) is 14.5. The molecular weight excluding hydrogens is 316 g/mol. The van der Waals surface area contributed by atoms with Gasteiger partial charge in [0.15, 0.2) is 0 Å². The van der Waals surface area contributed by atoms with Gasteiger partial charge >= 0.3 is 0 Å². The summed E-state index contributed by atoms with van der Waals surface area (Å²) in [5, 5.41) is 4.59. The van der Waals surface area contributed by atoms with E-state index >= 15 is 0 Å². The van der Waals surface area contributed by atoms with Crippen LogP contribution in [0.15, 0.2) is 34.9 Å². The zero-order valence-corrected chi connectivity index (χ0v) is 13.9. The van der Waals surface area contributed by atoms with Gasteiger partial charge in [-0.15, -0.1) is 0 Å². The predicted molar refractivity (Wildman–Crippen MR) is 85.1 cm³/mol. The fraction of sp³-hybridized carbons (Fsp3) is 0.438. The minimum absolute atomic E-state index is 0.481. The summed E-state index contributed by atoms with van der Waals surface area (Å²) in [6.45, 7) is 6.94. The summed E-state index contributed by atoms with van der Waals surface area (Å²) >= 11 is 3.52. The molecule has 0 amide bonds. The van der Waals surface area contributed by atoms with E-state index in [2.05, 4.69) is 47.9 Å². The molecule has 2 aromatic rings. The van der Waals surface area contributed by atoms with Gasteiger partial charge in [0.2, 0.25) is 0 Å². The van der Waals surface area contributed by atoms with E-state index in [0.717, 1.165) is 28.8 Å². The van der Waals surface area contributed by atoms with E-state index in [1.165, 1.54) is 5.56 Å². The first kappa shape index (κ1) is 15.1. The van der Waals surface area contributed by atoms with Gasteiger partial charge in [-0.1, -0.05) is 19.9 Å². The molecule has 2 rings (SSSR count). The van der Waals surface area contributed by atoms with Crippen molar-refractivity contribution in [3.8, 4) is 5.75 Å². The van der Waals surface area contributed by atoms with Gasteiger partial charge in [-0.05, 0) is 59.5 Å². The molecule has 1 heterocycles. The lowest BCUT2D eigenvalue weighted by molar-refractivity contribution is 0.295. The lowest BCUT2D eigenvalue weighted by Gasteiger charge is -2.12. The summed E-state index contributed by atoms with van der Waals surface area (Å²) in [6.07, 6.45) is 4.24. The molecule has 0 spiro atoms. The lowest BCUT2D eigenvalue weighted by atomic mass is 10.2. The number of aromatic nitrogens is 2. The Balaban J connectivity index is 2.00. The summed E-state index contributed by atoms with van der Waals surface area (Å²) in [4.78, 5) is 0. The Morgan fingerprint density at radius 2 is 2.00 bits per heavy atom. The third-order valence-electron chi connectivity index (χ3n) is 3.44. The van der Waals surface area contributed by atoms with Gasteiger partial charge in [-0.25, -0.2) is 0 Å². The fourth-order valence-electron chi connectivity index (χ4n) is 2.20. The molecule has 0 atom stereocenters.